The summed E-state index contributed by atoms with van der Waals surface area (Å²) >= 11 is 11.1. The molecule has 92 valence electrons. The minimum absolute atomic E-state index is 0.302. The normalized spacial score (nSPS) is 10.1. The lowest BCUT2D eigenvalue weighted by Crippen LogP contribution is -2.13. The highest BCUT2D eigenvalue weighted by atomic mass is 35.5. The quantitative estimate of drug-likeness (QED) is 0.838. The number of anilines is 1. The second-order valence-corrected chi connectivity index (χ2v) is 4.71. The van der Waals surface area contributed by atoms with Crippen LogP contribution in [-0.4, -0.2) is 4.99 Å². The zero-order valence-corrected chi connectivity index (χ0v) is 11.3. The predicted molar refractivity (Wildman–Crippen MR) is 81.1 cm³/mol. The first kappa shape index (κ1) is 12.9. The molecule has 0 unspecified atom stereocenters. The Morgan fingerprint density at radius 2 is 1.83 bits per heavy atom. The molecule has 0 aliphatic rings. The number of hydrogen-bond acceptors (Lipinski definition) is 2. The van der Waals surface area contributed by atoms with Gasteiger partial charge in [-0.05, 0) is 17.7 Å². The molecule has 3 N–H and O–H groups in total. The van der Waals surface area contributed by atoms with E-state index in [1.54, 1.807) is 6.07 Å². The molecule has 0 spiro atoms. The van der Waals surface area contributed by atoms with Gasteiger partial charge in [0.25, 0.3) is 0 Å². The van der Waals surface area contributed by atoms with E-state index in [1.165, 1.54) is 5.56 Å². The van der Waals surface area contributed by atoms with Gasteiger partial charge in [-0.3, -0.25) is 0 Å². The van der Waals surface area contributed by atoms with Gasteiger partial charge in [0.1, 0.15) is 4.99 Å². The Morgan fingerprint density at radius 3 is 2.50 bits per heavy atom. The van der Waals surface area contributed by atoms with Crippen molar-refractivity contribution in [2.75, 3.05) is 5.32 Å². The van der Waals surface area contributed by atoms with Gasteiger partial charge in [-0.1, -0.05) is 60.2 Å². The fourth-order valence-electron chi connectivity index (χ4n) is 1.72. The molecular weight excluding hydrogens is 264 g/mol. The van der Waals surface area contributed by atoms with E-state index in [9.17, 15) is 0 Å². The number of nitrogens with one attached hydrogen (secondary N) is 1. The average molecular weight is 277 g/mol. The first-order valence-electron chi connectivity index (χ1n) is 5.54. The van der Waals surface area contributed by atoms with E-state index in [4.69, 9.17) is 29.6 Å². The smallest absolute Gasteiger partial charge is 0.107 e. The molecule has 0 aliphatic heterocycles. The van der Waals surface area contributed by atoms with Crippen molar-refractivity contribution in [3.05, 3.63) is 64.7 Å². The molecule has 0 amide bonds. The molecule has 0 saturated heterocycles. The summed E-state index contributed by atoms with van der Waals surface area (Å²) in [5.74, 6) is 0. The highest BCUT2D eigenvalue weighted by Gasteiger charge is 2.09. The van der Waals surface area contributed by atoms with Crippen molar-refractivity contribution in [1.82, 2.24) is 0 Å². The first-order valence-corrected chi connectivity index (χ1v) is 6.33. The van der Waals surface area contributed by atoms with E-state index in [1.807, 2.05) is 30.3 Å². The zero-order valence-electron chi connectivity index (χ0n) is 9.69. The average Bonchev–Trinajstić information content (AvgIpc) is 2.37. The summed E-state index contributed by atoms with van der Waals surface area (Å²) in [5, 5.41) is 3.87. The van der Waals surface area contributed by atoms with Crippen molar-refractivity contribution in [3.8, 4) is 0 Å². The minimum Gasteiger partial charge on any atom is -0.389 e. The standard InChI is InChI=1S/C14H13ClN2S/c15-11-7-4-8-12(13(11)14(16)18)17-9-10-5-2-1-3-6-10/h1-8,17H,9H2,(H2,16,18). The fraction of sp³-hybridized carbons (Fsp3) is 0.0714. The third kappa shape index (κ3) is 3.00. The van der Waals surface area contributed by atoms with E-state index in [-0.39, 0.29) is 0 Å². The summed E-state index contributed by atoms with van der Waals surface area (Å²) in [7, 11) is 0. The van der Waals surface area contributed by atoms with Gasteiger partial charge >= 0.3 is 0 Å². The van der Waals surface area contributed by atoms with Crippen LogP contribution in [-0.2, 0) is 6.54 Å². The van der Waals surface area contributed by atoms with Crippen LogP contribution in [0.5, 0.6) is 0 Å². The molecule has 0 saturated carbocycles. The van der Waals surface area contributed by atoms with Gasteiger partial charge in [-0.15, -0.1) is 0 Å². The van der Waals surface area contributed by atoms with E-state index >= 15 is 0 Å². The number of benzene rings is 2. The summed E-state index contributed by atoms with van der Waals surface area (Å²) in [4.78, 5) is 0.302. The van der Waals surface area contributed by atoms with Crippen LogP contribution >= 0.6 is 23.8 Å². The molecule has 0 bridgehead atoms. The van der Waals surface area contributed by atoms with Gasteiger partial charge in [0.05, 0.1) is 10.6 Å². The lowest BCUT2D eigenvalue weighted by molar-refractivity contribution is 1.15. The summed E-state index contributed by atoms with van der Waals surface area (Å²) in [6.07, 6.45) is 0. The molecule has 2 nitrogen and oxygen atoms in total. The van der Waals surface area contributed by atoms with Crippen molar-refractivity contribution in [2.45, 2.75) is 6.54 Å². The molecule has 0 heterocycles. The maximum Gasteiger partial charge on any atom is 0.107 e. The molecule has 2 aromatic carbocycles. The Balaban J connectivity index is 2.20. The molecular formula is C14H13ClN2S. The summed E-state index contributed by atoms with van der Waals surface area (Å²) in [5.41, 5.74) is 8.44. The highest BCUT2D eigenvalue weighted by molar-refractivity contribution is 7.80. The van der Waals surface area contributed by atoms with Gasteiger partial charge < -0.3 is 11.1 Å². The van der Waals surface area contributed by atoms with Crippen LogP contribution in [0.3, 0.4) is 0 Å². The second-order valence-electron chi connectivity index (χ2n) is 3.87. The molecule has 4 heteroatoms. The number of hydrogen-bond donors (Lipinski definition) is 2. The van der Waals surface area contributed by atoms with Crippen LogP contribution < -0.4 is 11.1 Å². The largest absolute Gasteiger partial charge is 0.389 e. The molecule has 2 aromatic rings. The van der Waals surface area contributed by atoms with Gasteiger partial charge in [0.15, 0.2) is 0 Å². The van der Waals surface area contributed by atoms with Gasteiger partial charge in [0.2, 0.25) is 0 Å². The predicted octanol–water partition coefficient (Wildman–Crippen LogP) is 3.59. The third-order valence-corrected chi connectivity index (χ3v) is 3.10. The summed E-state index contributed by atoms with van der Waals surface area (Å²) < 4.78 is 0. The van der Waals surface area contributed by atoms with Crippen molar-refractivity contribution in [1.29, 1.82) is 0 Å². The van der Waals surface area contributed by atoms with Crippen LogP contribution in [0.2, 0.25) is 5.02 Å². The summed E-state index contributed by atoms with van der Waals surface area (Å²) in [6, 6.07) is 15.7. The second kappa shape index (κ2) is 5.85. The maximum atomic E-state index is 6.10. The van der Waals surface area contributed by atoms with Crippen molar-refractivity contribution < 1.29 is 0 Å². The molecule has 0 aliphatic carbocycles. The number of nitrogens with two attached hydrogens (primary N) is 1. The lowest BCUT2D eigenvalue weighted by atomic mass is 10.1. The van der Waals surface area contributed by atoms with Crippen molar-refractivity contribution in [2.24, 2.45) is 5.73 Å². The Hall–Kier alpha value is -1.58. The Kier molecular flexibility index (Phi) is 4.18. The SMILES string of the molecule is NC(=S)c1c(Cl)cccc1NCc1ccccc1. The van der Waals surface area contributed by atoms with Crippen LogP contribution in [0.4, 0.5) is 5.69 Å². The lowest BCUT2D eigenvalue weighted by Gasteiger charge is -2.12. The molecule has 2 rings (SSSR count). The molecule has 0 fully saturated rings. The van der Waals surface area contributed by atoms with Crippen molar-refractivity contribution in [3.63, 3.8) is 0 Å². The number of thiocarbonyl (C=S) groups is 1. The Morgan fingerprint density at radius 1 is 1.11 bits per heavy atom. The summed E-state index contributed by atoms with van der Waals surface area (Å²) in [6.45, 7) is 0.705. The third-order valence-electron chi connectivity index (χ3n) is 2.59. The van der Waals surface area contributed by atoms with E-state index < -0.39 is 0 Å². The van der Waals surface area contributed by atoms with Crippen LogP contribution in [0, 0.1) is 0 Å². The van der Waals surface area contributed by atoms with Crippen molar-refractivity contribution >= 4 is 34.5 Å². The van der Waals surface area contributed by atoms with Crippen LogP contribution in [0.15, 0.2) is 48.5 Å². The molecule has 18 heavy (non-hydrogen) atoms. The molecule has 0 atom stereocenters. The minimum atomic E-state index is 0.302. The maximum absolute atomic E-state index is 6.10. The zero-order chi connectivity index (χ0) is 13.0. The molecule has 0 aromatic heterocycles. The van der Waals surface area contributed by atoms with E-state index in [0.717, 1.165) is 5.69 Å². The van der Waals surface area contributed by atoms with Crippen LogP contribution in [0.25, 0.3) is 0 Å². The van der Waals surface area contributed by atoms with Crippen LogP contribution in [0.1, 0.15) is 11.1 Å². The highest BCUT2D eigenvalue weighted by Crippen LogP contribution is 2.24. The monoisotopic (exact) mass is 276 g/mol. The van der Waals surface area contributed by atoms with E-state index in [2.05, 4.69) is 17.4 Å². The first-order chi connectivity index (χ1) is 8.68. The number of halogens is 1. The number of rotatable bonds is 4. The van der Waals surface area contributed by atoms with Gasteiger partial charge in [-0.25, -0.2) is 0 Å². The Bertz CT molecular complexity index is 555. The van der Waals surface area contributed by atoms with Gasteiger partial charge in [0, 0.05) is 12.2 Å². The topological polar surface area (TPSA) is 38.0 Å². The fourth-order valence-corrected chi connectivity index (χ4v) is 2.27. The van der Waals surface area contributed by atoms with Gasteiger partial charge in [-0.2, -0.15) is 0 Å². The Labute approximate surface area is 117 Å². The van der Waals surface area contributed by atoms with E-state index in [0.29, 0.717) is 22.1 Å². The molecule has 0 radical (unpaired) electrons.